The predicted molar refractivity (Wildman–Crippen MR) is 122 cm³/mol. The van der Waals surface area contributed by atoms with Crippen LogP contribution in [0.4, 0.5) is 9.52 Å². The largest absolute Gasteiger partial charge is 0.373 e. The van der Waals surface area contributed by atoms with Gasteiger partial charge in [0.05, 0.1) is 24.4 Å². The van der Waals surface area contributed by atoms with Crippen LogP contribution in [-0.2, 0) is 9.53 Å². The van der Waals surface area contributed by atoms with E-state index in [0.29, 0.717) is 29.8 Å². The Morgan fingerprint density at radius 2 is 1.84 bits per heavy atom. The Kier molecular flexibility index (Phi) is 7.32. The molecule has 1 aromatic carbocycles. The minimum absolute atomic E-state index is 0.0331. The summed E-state index contributed by atoms with van der Waals surface area (Å²) >= 11 is 1.39. The third kappa shape index (κ3) is 6.32. The lowest BCUT2D eigenvalue weighted by atomic mass is 9.95. The maximum atomic E-state index is 13.1. The molecule has 0 saturated carbocycles. The van der Waals surface area contributed by atoms with Gasteiger partial charge in [-0.25, -0.2) is 9.37 Å². The van der Waals surface area contributed by atoms with E-state index in [1.807, 2.05) is 5.38 Å². The predicted octanol–water partition coefficient (Wildman–Crippen LogP) is 3.71. The molecule has 2 aromatic rings. The molecule has 168 valence electrons. The number of benzene rings is 1. The summed E-state index contributed by atoms with van der Waals surface area (Å²) in [6.07, 6.45) is 2.86. The van der Waals surface area contributed by atoms with Crippen LogP contribution in [0.2, 0.25) is 0 Å². The summed E-state index contributed by atoms with van der Waals surface area (Å²) in [5.41, 5.74) is 1.58. The highest BCUT2D eigenvalue weighted by atomic mass is 32.1. The van der Waals surface area contributed by atoms with E-state index in [9.17, 15) is 9.18 Å². The number of anilines is 1. The van der Waals surface area contributed by atoms with Crippen LogP contribution in [0.3, 0.4) is 0 Å². The Bertz CT molecular complexity index is 857. The number of carbonyl (C=O) groups excluding carboxylic acids is 1. The van der Waals surface area contributed by atoms with E-state index in [0.717, 1.165) is 56.8 Å². The normalized spacial score (nSPS) is 23.7. The molecule has 2 unspecified atom stereocenters. The second kappa shape index (κ2) is 10.2. The van der Waals surface area contributed by atoms with Crippen molar-refractivity contribution in [3.05, 3.63) is 35.5 Å². The third-order valence-corrected chi connectivity index (χ3v) is 6.73. The van der Waals surface area contributed by atoms with E-state index in [2.05, 4.69) is 33.9 Å². The summed E-state index contributed by atoms with van der Waals surface area (Å²) in [5.74, 6) is 0.383. The Labute approximate surface area is 187 Å². The first-order chi connectivity index (χ1) is 14.9. The molecule has 31 heavy (non-hydrogen) atoms. The first-order valence-corrected chi connectivity index (χ1v) is 11.9. The Balaban J connectivity index is 1.20. The van der Waals surface area contributed by atoms with Crippen molar-refractivity contribution in [2.45, 2.75) is 38.9 Å². The summed E-state index contributed by atoms with van der Waals surface area (Å²) in [6, 6.07) is 6.21. The fourth-order valence-corrected chi connectivity index (χ4v) is 5.31. The van der Waals surface area contributed by atoms with E-state index in [1.54, 1.807) is 12.1 Å². The molecule has 1 amide bonds. The maximum Gasteiger partial charge on any atom is 0.240 e. The maximum absolute atomic E-state index is 13.1. The van der Waals surface area contributed by atoms with Crippen LogP contribution in [0, 0.1) is 11.7 Å². The SMILES string of the molecule is CC1CN(CC2CCN(CC(=O)Nc3nc(-c4ccc(F)cc4)cs3)CC2)CC(C)O1. The Morgan fingerprint density at radius 1 is 1.16 bits per heavy atom. The van der Waals surface area contributed by atoms with Gasteiger partial charge in [0.15, 0.2) is 5.13 Å². The van der Waals surface area contributed by atoms with Crippen molar-refractivity contribution in [1.29, 1.82) is 0 Å². The highest BCUT2D eigenvalue weighted by Crippen LogP contribution is 2.25. The molecule has 6 nitrogen and oxygen atoms in total. The van der Waals surface area contributed by atoms with Crippen LogP contribution in [-0.4, -0.2) is 72.2 Å². The molecule has 2 atom stereocenters. The number of nitrogens with one attached hydrogen (secondary N) is 1. The van der Waals surface area contributed by atoms with Crippen LogP contribution in [0.5, 0.6) is 0 Å². The summed E-state index contributed by atoms with van der Waals surface area (Å²) in [5, 5.41) is 5.36. The van der Waals surface area contributed by atoms with Gasteiger partial charge in [-0.2, -0.15) is 0 Å². The summed E-state index contributed by atoms with van der Waals surface area (Å²) < 4.78 is 18.9. The summed E-state index contributed by atoms with van der Waals surface area (Å²) in [6.45, 7) is 9.75. The molecule has 2 fully saturated rings. The zero-order chi connectivity index (χ0) is 21.8. The zero-order valence-electron chi connectivity index (χ0n) is 18.2. The minimum Gasteiger partial charge on any atom is -0.373 e. The summed E-state index contributed by atoms with van der Waals surface area (Å²) in [4.78, 5) is 21.7. The molecule has 1 aromatic heterocycles. The number of carbonyl (C=O) groups is 1. The smallest absolute Gasteiger partial charge is 0.240 e. The fourth-order valence-electron chi connectivity index (χ4n) is 4.57. The number of piperidine rings is 1. The molecular weight excluding hydrogens is 415 g/mol. The van der Waals surface area contributed by atoms with Crippen molar-refractivity contribution >= 4 is 22.4 Å². The first kappa shape index (κ1) is 22.3. The lowest BCUT2D eigenvalue weighted by Gasteiger charge is -2.39. The van der Waals surface area contributed by atoms with Gasteiger partial charge < -0.3 is 10.1 Å². The fraction of sp³-hybridized carbons (Fsp3) is 0.565. The quantitative estimate of drug-likeness (QED) is 0.733. The van der Waals surface area contributed by atoms with E-state index in [1.165, 1.54) is 23.5 Å². The molecular formula is C23H31FN4O2S. The number of hydrogen-bond acceptors (Lipinski definition) is 6. The van der Waals surface area contributed by atoms with Crippen molar-refractivity contribution in [2.24, 2.45) is 5.92 Å². The van der Waals surface area contributed by atoms with Crippen LogP contribution in [0.1, 0.15) is 26.7 Å². The number of hydrogen-bond donors (Lipinski definition) is 1. The van der Waals surface area contributed by atoms with E-state index in [4.69, 9.17) is 4.74 Å². The summed E-state index contributed by atoms with van der Waals surface area (Å²) in [7, 11) is 0. The molecule has 0 radical (unpaired) electrons. The number of halogens is 1. The molecule has 0 aliphatic carbocycles. The van der Waals surface area contributed by atoms with Gasteiger partial charge in [-0.05, 0) is 70.0 Å². The first-order valence-electron chi connectivity index (χ1n) is 11.1. The van der Waals surface area contributed by atoms with Crippen molar-refractivity contribution < 1.29 is 13.9 Å². The van der Waals surface area contributed by atoms with Gasteiger partial charge >= 0.3 is 0 Å². The van der Waals surface area contributed by atoms with Gasteiger partial charge in [-0.3, -0.25) is 14.6 Å². The standard InChI is InChI=1S/C23H31FN4O2S/c1-16-11-28(12-17(2)30-16)13-18-7-9-27(10-8-18)14-22(29)26-23-25-21(15-31-23)19-3-5-20(24)6-4-19/h3-6,15-18H,7-14H2,1-2H3,(H,25,26,29). The highest BCUT2D eigenvalue weighted by Gasteiger charge is 2.27. The van der Waals surface area contributed by atoms with Gasteiger partial charge in [-0.15, -0.1) is 11.3 Å². The van der Waals surface area contributed by atoms with Gasteiger partial charge in [-0.1, -0.05) is 0 Å². The average molecular weight is 447 g/mol. The number of nitrogens with zero attached hydrogens (tertiary/aromatic N) is 3. The van der Waals surface area contributed by atoms with Gasteiger partial charge in [0.25, 0.3) is 0 Å². The molecule has 4 rings (SSSR count). The van der Waals surface area contributed by atoms with Gasteiger partial charge in [0, 0.05) is 30.6 Å². The molecule has 1 N–H and O–H groups in total. The molecule has 2 saturated heterocycles. The van der Waals surface area contributed by atoms with E-state index in [-0.39, 0.29) is 11.7 Å². The third-order valence-electron chi connectivity index (χ3n) is 5.98. The molecule has 2 aliphatic rings. The van der Waals surface area contributed by atoms with Crippen molar-refractivity contribution in [3.63, 3.8) is 0 Å². The molecule has 8 heteroatoms. The van der Waals surface area contributed by atoms with Crippen LogP contribution in [0.25, 0.3) is 11.3 Å². The molecule has 3 heterocycles. The monoisotopic (exact) mass is 446 g/mol. The molecule has 2 aliphatic heterocycles. The second-order valence-corrected chi connectivity index (χ2v) is 9.65. The highest BCUT2D eigenvalue weighted by molar-refractivity contribution is 7.14. The number of morpholine rings is 1. The van der Waals surface area contributed by atoms with Crippen molar-refractivity contribution in [3.8, 4) is 11.3 Å². The van der Waals surface area contributed by atoms with Gasteiger partial charge in [0.2, 0.25) is 5.91 Å². The van der Waals surface area contributed by atoms with Crippen molar-refractivity contribution in [1.82, 2.24) is 14.8 Å². The molecule has 0 spiro atoms. The topological polar surface area (TPSA) is 57.7 Å². The second-order valence-electron chi connectivity index (χ2n) is 8.79. The lowest BCUT2D eigenvalue weighted by Crippen LogP contribution is -2.48. The molecule has 0 bridgehead atoms. The van der Waals surface area contributed by atoms with Crippen LogP contribution < -0.4 is 5.32 Å². The minimum atomic E-state index is -0.273. The number of ether oxygens (including phenoxy) is 1. The van der Waals surface area contributed by atoms with E-state index < -0.39 is 0 Å². The van der Waals surface area contributed by atoms with E-state index >= 15 is 0 Å². The number of rotatable bonds is 6. The number of amides is 1. The Morgan fingerprint density at radius 3 is 2.52 bits per heavy atom. The van der Waals surface area contributed by atoms with Crippen molar-refractivity contribution in [2.75, 3.05) is 44.6 Å². The van der Waals surface area contributed by atoms with Crippen LogP contribution >= 0.6 is 11.3 Å². The zero-order valence-corrected chi connectivity index (χ0v) is 19.0. The lowest BCUT2D eigenvalue weighted by molar-refractivity contribution is -0.117. The number of aromatic nitrogens is 1. The Hall–Kier alpha value is -1.87. The number of thiazole rings is 1. The average Bonchev–Trinajstić information content (AvgIpc) is 3.17. The number of likely N-dealkylation sites (tertiary alicyclic amines) is 1. The van der Waals surface area contributed by atoms with Crippen LogP contribution in [0.15, 0.2) is 29.6 Å². The van der Waals surface area contributed by atoms with Gasteiger partial charge in [0.1, 0.15) is 5.82 Å².